The van der Waals surface area contributed by atoms with Gasteiger partial charge in [-0.15, -0.1) is 0 Å². The van der Waals surface area contributed by atoms with E-state index in [0.717, 1.165) is 29.3 Å². The van der Waals surface area contributed by atoms with Crippen LogP contribution in [0.4, 0.5) is 0 Å². The maximum Gasteiger partial charge on any atom is 0.326 e. The Balaban J connectivity index is 1.29. The number of fused-ring (bicyclic) bond motifs is 2. The average Bonchev–Trinajstić information content (AvgIpc) is 3.28. The summed E-state index contributed by atoms with van der Waals surface area (Å²) in [6.45, 7) is 1.26. The summed E-state index contributed by atoms with van der Waals surface area (Å²) in [7, 11) is 0. The molecule has 0 radical (unpaired) electrons. The minimum absolute atomic E-state index is 0.0452. The van der Waals surface area contributed by atoms with Crippen LogP contribution in [0.1, 0.15) is 24.6 Å². The van der Waals surface area contributed by atoms with Gasteiger partial charge in [-0.3, -0.25) is 9.36 Å². The highest BCUT2D eigenvalue weighted by Gasteiger charge is 2.26. The van der Waals surface area contributed by atoms with Crippen LogP contribution in [-0.4, -0.2) is 38.6 Å². The third-order valence-corrected chi connectivity index (χ3v) is 5.58. The molecule has 1 aliphatic rings. The maximum atomic E-state index is 12.8. The van der Waals surface area contributed by atoms with Crippen molar-refractivity contribution in [3.8, 4) is 0 Å². The number of rotatable bonds is 3. The largest absolute Gasteiger partial charge is 0.356 e. The van der Waals surface area contributed by atoms with Crippen molar-refractivity contribution in [2.45, 2.75) is 25.3 Å². The van der Waals surface area contributed by atoms with E-state index in [2.05, 4.69) is 10.1 Å². The molecular formula is C21H20N4O3. The van der Waals surface area contributed by atoms with Crippen molar-refractivity contribution in [1.29, 1.82) is 0 Å². The number of aromatic nitrogens is 3. The van der Waals surface area contributed by atoms with E-state index in [1.807, 2.05) is 58.0 Å². The summed E-state index contributed by atoms with van der Waals surface area (Å²) >= 11 is 0. The molecule has 7 nitrogen and oxygen atoms in total. The number of benzene rings is 2. The van der Waals surface area contributed by atoms with Gasteiger partial charge in [0.15, 0.2) is 5.58 Å². The summed E-state index contributed by atoms with van der Waals surface area (Å²) in [5.41, 5.74) is 3.06. The number of aromatic amines is 1. The van der Waals surface area contributed by atoms with E-state index in [9.17, 15) is 9.59 Å². The highest BCUT2D eigenvalue weighted by Crippen LogP contribution is 2.26. The zero-order valence-electron chi connectivity index (χ0n) is 15.3. The number of para-hydroxylation sites is 3. The normalized spacial score (nSPS) is 15.5. The second kappa shape index (κ2) is 6.67. The second-order valence-corrected chi connectivity index (χ2v) is 7.23. The van der Waals surface area contributed by atoms with Crippen molar-refractivity contribution in [3.63, 3.8) is 0 Å². The van der Waals surface area contributed by atoms with E-state index in [1.165, 1.54) is 0 Å². The Morgan fingerprint density at radius 2 is 1.86 bits per heavy atom. The molecule has 0 bridgehead atoms. The van der Waals surface area contributed by atoms with Crippen molar-refractivity contribution in [3.05, 3.63) is 64.7 Å². The van der Waals surface area contributed by atoms with Gasteiger partial charge >= 0.3 is 5.69 Å². The van der Waals surface area contributed by atoms with Crippen LogP contribution in [0.15, 0.2) is 57.8 Å². The topological polar surface area (TPSA) is 84.1 Å². The lowest BCUT2D eigenvalue weighted by Gasteiger charge is -2.32. The van der Waals surface area contributed by atoms with Crippen LogP contribution in [0.3, 0.4) is 0 Å². The van der Waals surface area contributed by atoms with E-state index >= 15 is 0 Å². The third kappa shape index (κ3) is 2.79. The number of imidazole rings is 1. The van der Waals surface area contributed by atoms with E-state index in [4.69, 9.17) is 4.52 Å². The van der Waals surface area contributed by atoms with Gasteiger partial charge in [0.25, 0.3) is 0 Å². The Hall–Kier alpha value is -3.35. The summed E-state index contributed by atoms with van der Waals surface area (Å²) in [6, 6.07) is 15.4. The number of carbonyl (C=O) groups excluding carboxylic acids is 1. The van der Waals surface area contributed by atoms with E-state index < -0.39 is 0 Å². The molecule has 0 saturated carbocycles. The Morgan fingerprint density at radius 3 is 2.71 bits per heavy atom. The van der Waals surface area contributed by atoms with Crippen molar-refractivity contribution in [1.82, 2.24) is 19.6 Å². The molecule has 7 heteroatoms. The minimum Gasteiger partial charge on any atom is -0.356 e. The first-order valence-electron chi connectivity index (χ1n) is 9.51. The standard InChI is InChI=1S/C21H20N4O3/c26-20(13-17-15-5-1-4-8-19(15)28-23-17)24-11-9-14(10-12-24)25-18-7-3-2-6-16(18)22-21(25)27/h1-8,14H,9-13H2,(H,22,27). The van der Waals surface area contributed by atoms with Crippen LogP contribution >= 0.6 is 0 Å². The summed E-state index contributed by atoms with van der Waals surface area (Å²) in [5, 5.41) is 4.94. The molecule has 4 aromatic rings. The molecule has 28 heavy (non-hydrogen) atoms. The molecule has 0 atom stereocenters. The zero-order valence-corrected chi connectivity index (χ0v) is 15.3. The predicted molar refractivity (Wildman–Crippen MR) is 105 cm³/mol. The van der Waals surface area contributed by atoms with Gasteiger partial charge in [0.2, 0.25) is 5.91 Å². The molecule has 1 aliphatic heterocycles. The van der Waals surface area contributed by atoms with Crippen LogP contribution in [0.5, 0.6) is 0 Å². The second-order valence-electron chi connectivity index (χ2n) is 7.23. The first-order chi connectivity index (χ1) is 13.7. The molecule has 0 spiro atoms. The molecule has 1 saturated heterocycles. The van der Waals surface area contributed by atoms with Crippen molar-refractivity contribution >= 4 is 27.9 Å². The molecule has 1 fully saturated rings. The highest BCUT2D eigenvalue weighted by molar-refractivity contribution is 5.86. The number of carbonyl (C=O) groups is 1. The van der Waals surface area contributed by atoms with Gasteiger partial charge in [0.05, 0.1) is 17.5 Å². The number of piperidine rings is 1. The fourth-order valence-corrected chi connectivity index (χ4v) is 4.13. The molecule has 0 unspecified atom stereocenters. The molecule has 2 aromatic heterocycles. The third-order valence-electron chi connectivity index (χ3n) is 5.58. The van der Waals surface area contributed by atoms with Crippen molar-refractivity contribution in [2.24, 2.45) is 0 Å². The summed E-state index contributed by atoms with van der Waals surface area (Å²) in [5.74, 6) is 0.0452. The molecule has 5 rings (SSSR count). The smallest absolute Gasteiger partial charge is 0.326 e. The molecule has 0 aliphatic carbocycles. The van der Waals surface area contributed by atoms with Gasteiger partial charge in [0, 0.05) is 24.5 Å². The summed E-state index contributed by atoms with van der Waals surface area (Å²) < 4.78 is 7.13. The quantitative estimate of drug-likeness (QED) is 0.596. The fraction of sp³-hybridized carbons (Fsp3) is 0.286. The van der Waals surface area contributed by atoms with Gasteiger partial charge in [-0.05, 0) is 37.1 Å². The van der Waals surface area contributed by atoms with Crippen LogP contribution < -0.4 is 5.69 Å². The molecule has 142 valence electrons. The van der Waals surface area contributed by atoms with E-state index in [0.29, 0.717) is 24.4 Å². The molecule has 1 amide bonds. The number of nitrogens with zero attached hydrogens (tertiary/aromatic N) is 3. The van der Waals surface area contributed by atoms with E-state index in [1.54, 1.807) is 0 Å². The maximum absolute atomic E-state index is 12.8. The van der Waals surface area contributed by atoms with Crippen LogP contribution in [-0.2, 0) is 11.2 Å². The van der Waals surface area contributed by atoms with Crippen molar-refractivity contribution in [2.75, 3.05) is 13.1 Å². The van der Waals surface area contributed by atoms with Crippen LogP contribution in [0.25, 0.3) is 22.0 Å². The first kappa shape index (κ1) is 16.8. The predicted octanol–water partition coefficient (Wildman–Crippen LogP) is 2.88. The minimum atomic E-state index is -0.0833. The molecular weight excluding hydrogens is 356 g/mol. The lowest BCUT2D eigenvalue weighted by Crippen LogP contribution is -2.41. The highest BCUT2D eigenvalue weighted by atomic mass is 16.5. The Bertz CT molecular complexity index is 1210. The number of nitrogens with one attached hydrogen (secondary N) is 1. The SMILES string of the molecule is O=C(Cc1noc2ccccc12)N1CCC(n2c(=O)[nH]c3ccccc32)CC1. The zero-order chi connectivity index (χ0) is 19.1. The van der Waals surface area contributed by atoms with Gasteiger partial charge in [-0.2, -0.15) is 0 Å². The van der Waals surface area contributed by atoms with Gasteiger partial charge < -0.3 is 14.4 Å². The van der Waals surface area contributed by atoms with E-state index in [-0.39, 0.29) is 24.1 Å². The number of hydrogen-bond acceptors (Lipinski definition) is 4. The molecule has 2 aromatic carbocycles. The number of H-pyrrole nitrogens is 1. The van der Waals surface area contributed by atoms with Gasteiger partial charge in [-0.25, -0.2) is 4.79 Å². The van der Waals surface area contributed by atoms with Crippen molar-refractivity contribution < 1.29 is 9.32 Å². The summed E-state index contributed by atoms with van der Waals surface area (Å²) in [6.07, 6.45) is 1.74. The van der Waals surface area contributed by atoms with Gasteiger partial charge in [0.1, 0.15) is 5.69 Å². The molecule has 1 N–H and O–H groups in total. The fourth-order valence-electron chi connectivity index (χ4n) is 4.13. The Kier molecular flexibility index (Phi) is 4.00. The monoisotopic (exact) mass is 376 g/mol. The lowest BCUT2D eigenvalue weighted by molar-refractivity contribution is -0.131. The van der Waals surface area contributed by atoms with Gasteiger partial charge in [-0.1, -0.05) is 29.4 Å². The lowest BCUT2D eigenvalue weighted by atomic mass is 10.0. The average molecular weight is 376 g/mol. The Morgan fingerprint density at radius 1 is 1.11 bits per heavy atom. The first-order valence-corrected chi connectivity index (χ1v) is 9.51. The van der Waals surface area contributed by atoms with Crippen LogP contribution in [0, 0.1) is 0 Å². The number of likely N-dealkylation sites (tertiary alicyclic amines) is 1. The molecule has 3 heterocycles. The Labute approximate surface area is 160 Å². The van der Waals surface area contributed by atoms with Crippen LogP contribution in [0.2, 0.25) is 0 Å². The number of hydrogen-bond donors (Lipinski definition) is 1. The summed E-state index contributed by atoms with van der Waals surface area (Å²) in [4.78, 5) is 29.9. The number of amides is 1.